The number of aliphatic hydroxyl groups is 1. The van der Waals surface area contributed by atoms with Crippen LogP contribution in [0.15, 0.2) is 36.4 Å². The van der Waals surface area contributed by atoms with Crippen LogP contribution in [0.3, 0.4) is 0 Å². The predicted octanol–water partition coefficient (Wildman–Crippen LogP) is 1.50. The maximum absolute atomic E-state index is 12.7. The van der Waals surface area contributed by atoms with E-state index in [9.17, 15) is 14.7 Å². The Labute approximate surface area is 122 Å². The minimum atomic E-state index is -1.83. The van der Waals surface area contributed by atoms with Crippen molar-refractivity contribution in [2.75, 3.05) is 11.4 Å². The van der Waals surface area contributed by atoms with Crippen LogP contribution in [0, 0.1) is 0 Å². The van der Waals surface area contributed by atoms with Crippen LogP contribution in [0.5, 0.6) is 0 Å². The first-order valence-electron chi connectivity index (χ1n) is 7.11. The molecule has 1 aromatic rings. The van der Waals surface area contributed by atoms with Crippen molar-refractivity contribution in [1.82, 2.24) is 0 Å². The zero-order valence-electron chi connectivity index (χ0n) is 11.8. The molecule has 0 spiro atoms. The molecule has 2 aliphatic heterocycles. The van der Waals surface area contributed by atoms with E-state index in [2.05, 4.69) is 0 Å². The third-order valence-corrected chi connectivity index (χ3v) is 3.97. The Balaban J connectivity index is 2.04. The first-order chi connectivity index (χ1) is 10.1. The third-order valence-electron chi connectivity index (χ3n) is 3.97. The lowest BCUT2D eigenvalue weighted by molar-refractivity contribution is -0.159. The minimum absolute atomic E-state index is 0.429. The summed E-state index contributed by atoms with van der Waals surface area (Å²) < 4.78 is 5.08. The SMILES string of the molecule is CCCCN1C(=O)C(O)(C2C=CC(=O)O2)c2ccccc21. The number of hydrogen-bond acceptors (Lipinski definition) is 4. The van der Waals surface area contributed by atoms with Crippen LogP contribution in [-0.2, 0) is 19.9 Å². The summed E-state index contributed by atoms with van der Waals surface area (Å²) in [6.45, 7) is 2.58. The molecule has 0 radical (unpaired) electrons. The molecule has 2 aliphatic rings. The topological polar surface area (TPSA) is 66.8 Å². The molecule has 0 saturated heterocycles. The van der Waals surface area contributed by atoms with Gasteiger partial charge in [0.05, 0.1) is 5.69 Å². The van der Waals surface area contributed by atoms with E-state index < -0.39 is 23.6 Å². The number of cyclic esters (lactones) is 1. The van der Waals surface area contributed by atoms with Gasteiger partial charge in [0.1, 0.15) is 0 Å². The Bertz CT molecular complexity index is 624. The van der Waals surface area contributed by atoms with Crippen LogP contribution in [0.4, 0.5) is 5.69 Å². The maximum Gasteiger partial charge on any atom is 0.331 e. The van der Waals surface area contributed by atoms with Crippen molar-refractivity contribution in [2.45, 2.75) is 31.5 Å². The fraction of sp³-hybridized carbons (Fsp3) is 0.375. The third kappa shape index (κ3) is 1.96. The van der Waals surface area contributed by atoms with Gasteiger partial charge in [-0.2, -0.15) is 0 Å². The molecule has 1 N–H and O–H groups in total. The summed E-state index contributed by atoms with van der Waals surface area (Å²) in [5.41, 5.74) is -0.641. The second-order valence-electron chi connectivity index (χ2n) is 5.31. The summed E-state index contributed by atoms with van der Waals surface area (Å²) in [6.07, 6.45) is 3.51. The minimum Gasteiger partial charge on any atom is -0.451 e. The van der Waals surface area contributed by atoms with E-state index in [-0.39, 0.29) is 0 Å². The number of anilines is 1. The first-order valence-corrected chi connectivity index (χ1v) is 7.11. The number of nitrogens with zero attached hydrogens (tertiary/aromatic N) is 1. The highest BCUT2D eigenvalue weighted by molar-refractivity contribution is 6.08. The van der Waals surface area contributed by atoms with Crippen molar-refractivity contribution in [3.8, 4) is 0 Å². The van der Waals surface area contributed by atoms with Crippen LogP contribution in [-0.4, -0.2) is 29.6 Å². The first kappa shape index (κ1) is 13.8. The summed E-state index contributed by atoms with van der Waals surface area (Å²) in [4.78, 5) is 25.6. The Hall–Kier alpha value is -2.14. The lowest BCUT2D eigenvalue weighted by Gasteiger charge is -2.27. The van der Waals surface area contributed by atoms with Gasteiger partial charge in [-0.3, -0.25) is 4.79 Å². The Kier molecular flexibility index (Phi) is 3.29. The molecule has 0 fully saturated rings. The van der Waals surface area contributed by atoms with Gasteiger partial charge in [-0.15, -0.1) is 0 Å². The number of para-hydroxylation sites is 1. The molecule has 1 aromatic carbocycles. The molecule has 0 saturated carbocycles. The fourth-order valence-corrected chi connectivity index (χ4v) is 2.87. The van der Waals surface area contributed by atoms with E-state index in [0.29, 0.717) is 17.8 Å². The van der Waals surface area contributed by atoms with Gasteiger partial charge in [0.15, 0.2) is 6.10 Å². The number of carbonyl (C=O) groups is 2. The number of carbonyl (C=O) groups excluding carboxylic acids is 2. The van der Waals surface area contributed by atoms with Crippen molar-refractivity contribution in [3.63, 3.8) is 0 Å². The molecule has 0 aromatic heterocycles. The molecule has 5 nitrogen and oxygen atoms in total. The van der Waals surface area contributed by atoms with E-state index in [4.69, 9.17) is 4.74 Å². The number of rotatable bonds is 4. The van der Waals surface area contributed by atoms with Gasteiger partial charge < -0.3 is 14.7 Å². The number of esters is 1. The van der Waals surface area contributed by atoms with Gasteiger partial charge in [-0.25, -0.2) is 4.79 Å². The molecule has 5 heteroatoms. The highest BCUT2D eigenvalue weighted by Crippen LogP contribution is 2.44. The van der Waals surface area contributed by atoms with Gasteiger partial charge in [0.25, 0.3) is 5.91 Å². The van der Waals surface area contributed by atoms with Crippen molar-refractivity contribution >= 4 is 17.6 Å². The summed E-state index contributed by atoms with van der Waals surface area (Å²) in [7, 11) is 0. The average molecular weight is 287 g/mol. The summed E-state index contributed by atoms with van der Waals surface area (Å²) in [5.74, 6) is -0.966. The molecule has 110 valence electrons. The molecule has 2 heterocycles. The number of hydrogen-bond donors (Lipinski definition) is 1. The Morgan fingerprint density at radius 3 is 2.76 bits per heavy atom. The van der Waals surface area contributed by atoms with Crippen LogP contribution in [0.2, 0.25) is 0 Å². The second-order valence-corrected chi connectivity index (χ2v) is 5.31. The van der Waals surface area contributed by atoms with Crippen molar-refractivity contribution in [2.24, 2.45) is 0 Å². The summed E-state index contributed by atoms with van der Waals surface area (Å²) in [5, 5.41) is 11.0. The number of fused-ring (bicyclic) bond motifs is 1. The van der Waals surface area contributed by atoms with Crippen LogP contribution < -0.4 is 4.90 Å². The predicted molar refractivity (Wildman–Crippen MR) is 76.6 cm³/mol. The zero-order chi connectivity index (χ0) is 15.0. The lowest BCUT2D eigenvalue weighted by atomic mass is 9.89. The monoisotopic (exact) mass is 287 g/mol. The van der Waals surface area contributed by atoms with Crippen LogP contribution in [0.1, 0.15) is 25.3 Å². The summed E-state index contributed by atoms with van der Waals surface area (Å²) >= 11 is 0. The molecule has 0 bridgehead atoms. The number of amides is 1. The van der Waals surface area contributed by atoms with Crippen LogP contribution >= 0.6 is 0 Å². The van der Waals surface area contributed by atoms with E-state index in [1.165, 1.54) is 12.2 Å². The Morgan fingerprint density at radius 2 is 2.10 bits per heavy atom. The van der Waals surface area contributed by atoms with E-state index in [0.717, 1.165) is 12.8 Å². The fourth-order valence-electron chi connectivity index (χ4n) is 2.87. The average Bonchev–Trinajstić information content (AvgIpc) is 3.01. The van der Waals surface area contributed by atoms with E-state index >= 15 is 0 Å². The van der Waals surface area contributed by atoms with E-state index in [1.54, 1.807) is 23.1 Å². The van der Waals surface area contributed by atoms with Crippen molar-refractivity contribution in [1.29, 1.82) is 0 Å². The van der Waals surface area contributed by atoms with Crippen molar-refractivity contribution in [3.05, 3.63) is 42.0 Å². The molecular weight excluding hydrogens is 270 g/mol. The molecular formula is C16H17NO4. The van der Waals surface area contributed by atoms with Gasteiger partial charge in [0.2, 0.25) is 5.60 Å². The molecule has 1 amide bonds. The molecule has 2 atom stereocenters. The smallest absolute Gasteiger partial charge is 0.331 e. The van der Waals surface area contributed by atoms with Gasteiger partial charge in [-0.1, -0.05) is 31.5 Å². The quantitative estimate of drug-likeness (QED) is 0.852. The molecule has 0 aliphatic carbocycles. The highest BCUT2D eigenvalue weighted by atomic mass is 16.6. The second kappa shape index (κ2) is 5.00. The number of ether oxygens (including phenoxy) is 1. The zero-order valence-corrected chi connectivity index (χ0v) is 11.8. The van der Waals surface area contributed by atoms with Gasteiger partial charge in [-0.05, 0) is 18.6 Å². The largest absolute Gasteiger partial charge is 0.451 e. The molecule has 2 unspecified atom stereocenters. The number of benzene rings is 1. The highest BCUT2D eigenvalue weighted by Gasteiger charge is 2.56. The maximum atomic E-state index is 12.7. The van der Waals surface area contributed by atoms with Crippen LogP contribution in [0.25, 0.3) is 0 Å². The summed E-state index contributed by atoms with van der Waals surface area (Å²) in [6, 6.07) is 7.11. The Morgan fingerprint density at radius 1 is 1.33 bits per heavy atom. The lowest BCUT2D eigenvalue weighted by Crippen LogP contribution is -2.48. The standard InChI is InChI=1S/C16H17NO4/c1-2-3-10-17-12-7-5-4-6-11(12)16(20,15(17)19)13-8-9-14(18)21-13/h4-9,13,20H,2-3,10H2,1H3. The molecule has 3 rings (SSSR count). The normalized spacial score (nSPS) is 27.1. The van der Waals surface area contributed by atoms with E-state index in [1.807, 2.05) is 13.0 Å². The number of unbranched alkanes of at least 4 members (excludes halogenated alkanes) is 1. The molecule has 21 heavy (non-hydrogen) atoms. The van der Waals surface area contributed by atoms with Crippen molar-refractivity contribution < 1.29 is 19.4 Å². The van der Waals surface area contributed by atoms with Gasteiger partial charge >= 0.3 is 5.97 Å². The van der Waals surface area contributed by atoms with Gasteiger partial charge in [0, 0.05) is 18.2 Å².